The highest BCUT2D eigenvalue weighted by Gasteiger charge is 2.25. The highest BCUT2D eigenvalue weighted by Crippen LogP contribution is 2.34. The molecular formula is C18H15BrN2O6. The predicted molar refractivity (Wildman–Crippen MR) is 98.9 cm³/mol. The van der Waals surface area contributed by atoms with E-state index in [0.29, 0.717) is 18.8 Å². The Morgan fingerprint density at radius 3 is 2.70 bits per heavy atom. The number of nitrogens with zero attached hydrogens (tertiary/aromatic N) is 1. The summed E-state index contributed by atoms with van der Waals surface area (Å²) in [7, 11) is 1.16. The van der Waals surface area contributed by atoms with Gasteiger partial charge in [0, 0.05) is 34.2 Å². The molecule has 2 aromatic rings. The maximum atomic E-state index is 12.7. The predicted octanol–water partition coefficient (Wildman–Crippen LogP) is 3.40. The molecule has 1 aliphatic rings. The van der Waals surface area contributed by atoms with Gasteiger partial charge in [-0.3, -0.25) is 14.9 Å². The number of ether oxygens (including phenoxy) is 2. The van der Waals surface area contributed by atoms with E-state index >= 15 is 0 Å². The van der Waals surface area contributed by atoms with Crippen LogP contribution in [0.25, 0.3) is 0 Å². The van der Waals surface area contributed by atoms with Gasteiger partial charge in [-0.15, -0.1) is 0 Å². The number of hydrogen-bond acceptors (Lipinski definition) is 6. The van der Waals surface area contributed by atoms with Crippen molar-refractivity contribution in [2.75, 3.05) is 13.7 Å². The molecule has 1 amide bonds. The molecule has 0 radical (unpaired) electrons. The van der Waals surface area contributed by atoms with Gasteiger partial charge in [-0.2, -0.15) is 0 Å². The fraction of sp³-hybridized carbons (Fsp3) is 0.222. The van der Waals surface area contributed by atoms with Gasteiger partial charge in [0.2, 0.25) is 0 Å². The second-order valence-electron chi connectivity index (χ2n) is 5.86. The Labute approximate surface area is 162 Å². The van der Waals surface area contributed by atoms with Crippen LogP contribution < -0.4 is 10.1 Å². The molecular weight excluding hydrogens is 420 g/mol. The highest BCUT2D eigenvalue weighted by atomic mass is 79.9. The zero-order valence-corrected chi connectivity index (χ0v) is 15.8. The maximum Gasteiger partial charge on any atom is 0.338 e. The van der Waals surface area contributed by atoms with Crippen LogP contribution >= 0.6 is 15.9 Å². The molecule has 140 valence electrons. The molecule has 27 heavy (non-hydrogen) atoms. The molecule has 1 N–H and O–H groups in total. The standard InChI is InChI=1S/C18H15BrN2O6/c1-26-18(23)11-6-10(7-13(8-11)21(24)25)17(22)20-15-4-5-27-16-3-2-12(19)9-14(15)16/h2-3,6-9,15H,4-5H2,1H3,(H,20,22). The third-order valence-corrected chi connectivity index (χ3v) is 4.62. The summed E-state index contributed by atoms with van der Waals surface area (Å²) in [6, 6.07) is 8.65. The van der Waals surface area contributed by atoms with Crippen LogP contribution in [-0.2, 0) is 4.74 Å². The molecule has 1 atom stereocenters. The topological polar surface area (TPSA) is 108 Å². The number of carbonyl (C=O) groups is 2. The molecule has 0 spiro atoms. The molecule has 0 aromatic heterocycles. The summed E-state index contributed by atoms with van der Waals surface area (Å²) >= 11 is 3.39. The van der Waals surface area contributed by atoms with Crippen LogP contribution in [0, 0.1) is 10.1 Å². The van der Waals surface area contributed by atoms with Crippen LogP contribution in [0.2, 0.25) is 0 Å². The van der Waals surface area contributed by atoms with E-state index in [-0.39, 0.29) is 22.9 Å². The summed E-state index contributed by atoms with van der Waals surface area (Å²) in [5.41, 5.74) is 0.389. The van der Waals surface area contributed by atoms with Crippen molar-refractivity contribution in [3.05, 3.63) is 67.7 Å². The van der Waals surface area contributed by atoms with Gasteiger partial charge in [-0.25, -0.2) is 4.79 Å². The van der Waals surface area contributed by atoms with Gasteiger partial charge in [0.05, 0.1) is 30.2 Å². The number of amides is 1. The molecule has 9 heteroatoms. The average Bonchev–Trinajstić information content (AvgIpc) is 2.67. The number of halogens is 1. The van der Waals surface area contributed by atoms with Crippen molar-refractivity contribution in [3.63, 3.8) is 0 Å². The third-order valence-electron chi connectivity index (χ3n) is 4.13. The van der Waals surface area contributed by atoms with Gasteiger partial charge in [-0.1, -0.05) is 15.9 Å². The Balaban J connectivity index is 1.91. The second-order valence-corrected chi connectivity index (χ2v) is 6.78. The van der Waals surface area contributed by atoms with Gasteiger partial charge >= 0.3 is 5.97 Å². The molecule has 0 aliphatic carbocycles. The Bertz CT molecular complexity index is 930. The van der Waals surface area contributed by atoms with E-state index in [1.54, 1.807) is 6.07 Å². The smallest absolute Gasteiger partial charge is 0.338 e. The minimum Gasteiger partial charge on any atom is -0.493 e. The average molecular weight is 435 g/mol. The monoisotopic (exact) mass is 434 g/mol. The van der Waals surface area contributed by atoms with E-state index in [2.05, 4.69) is 26.0 Å². The highest BCUT2D eigenvalue weighted by molar-refractivity contribution is 9.10. The van der Waals surface area contributed by atoms with Crippen molar-refractivity contribution in [2.45, 2.75) is 12.5 Å². The number of benzene rings is 2. The minimum absolute atomic E-state index is 0.00707. The fourth-order valence-electron chi connectivity index (χ4n) is 2.84. The summed E-state index contributed by atoms with van der Waals surface area (Å²) in [4.78, 5) is 34.9. The number of hydrogen-bond donors (Lipinski definition) is 1. The number of esters is 1. The number of carbonyl (C=O) groups excluding carboxylic acids is 2. The molecule has 1 heterocycles. The number of methoxy groups -OCH3 is 1. The number of non-ortho nitro benzene ring substituents is 1. The molecule has 0 bridgehead atoms. The van der Waals surface area contributed by atoms with Crippen molar-refractivity contribution in [2.24, 2.45) is 0 Å². The summed E-state index contributed by atoms with van der Waals surface area (Å²) < 4.78 is 11.0. The lowest BCUT2D eigenvalue weighted by molar-refractivity contribution is -0.384. The maximum absolute atomic E-state index is 12.7. The van der Waals surface area contributed by atoms with Crippen LogP contribution in [0.5, 0.6) is 5.75 Å². The second kappa shape index (κ2) is 7.75. The quantitative estimate of drug-likeness (QED) is 0.448. The van der Waals surface area contributed by atoms with Crippen molar-refractivity contribution in [1.29, 1.82) is 0 Å². The lowest BCUT2D eigenvalue weighted by Crippen LogP contribution is -2.32. The zero-order chi connectivity index (χ0) is 19.6. The van der Waals surface area contributed by atoms with E-state index in [4.69, 9.17) is 4.74 Å². The first-order chi connectivity index (χ1) is 12.9. The number of rotatable bonds is 4. The van der Waals surface area contributed by atoms with Crippen molar-refractivity contribution < 1.29 is 24.0 Å². The Morgan fingerprint density at radius 2 is 2.00 bits per heavy atom. The van der Waals surface area contributed by atoms with Crippen LogP contribution in [0.15, 0.2) is 40.9 Å². The Hall–Kier alpha value is -2.94. The summed E-state index contributed by atoms with van der Waals surface area (Å²) in [5, 5.41) is 14.0. The third kappa shape index (κ3) is 4.08. The van der Waals surface area contributed by atoms with Gasteiger partial charge < -0.3 is 14.8 Å². The van der Waals surface area contributed by atoms with Crippen LogP contribution in [0.3, 0.4) is 0 Å². The van der Waals surface area contributed by atoms with Gasteiger partial charge in [0.1, 0.15) is 5.75 Å². The van der Waals surface area contributed by atoms with Crippen molar-refractivity contribution in [1.82, 2.24) is 5.32 Å². The Kier molecular flexibility index (Phi) is 5.41. The molecule has 2 aromatic carbocycles. The molecule has 0 saturated carbocycles. The molecule has 1 aliphatic heterocycles. The summed E-state index contributed by atoms with van der Waals surface area (Å²) in [5.74, 6) is -0.612. The molecule has 1 unspecified atom stereocenters. The van der Waals surface area contributed by atoms with Gasteiger partial charge in [-0.05, 0) is 24.3 Å². The van der Waals surface area contributed by atoms with Crippen molar-refractivity contribution in [3.8, 4) is 5.75 Å². The Morgan fingerprint density at radius 1 is 1.26 bits per heavy atom. The van der Waals surface area contributed by atoms with E-state index < -0.39 is 16.8 Å². The number of nitro benzene ring substituents is 1. The number of nitro groups is 1. The van der Waals surface area contributed by atoms with Crippen LogP contribution in [-0.4, -0.2) is 30.5 Å². The van der Waals surface area contributed by atoms with Crippen LogP contribution in [0.1, 0.15) is 38.7 Å². The first kappa shape index (κ1) is 18.8. The SMILES string of the molecule is COC(=O)c1cc(C(=O)NC2CCOc3ccc(Br)cc32)cc([N+](=O)[O-])c1. The lowest BCUT2D eigenvalue weighted by atomic mass is 10.00. The van der Waals surface area contributed by atoms with E-state index in [1.165, 1.54) is 6.07 Å². The molecule has 0 fully saturated rings. The minimum atomic E-state index is -0.756. The normalized spacial score (nSPS) is 15.3. The first-order valence-electron chi connectivity index (χ1n) is 8.00. The number of fused-ring (bicyclic) bond motifs is 1. The molecule has 8 nitrogen and oxygen atoms in total. The van der Waals surface area contributed by atoms with Gasteiger partial charge in [0.15, 0.2) is 0 Å². The lowest BCUT2D eigenvalue weighted by Gasteiger charge is -2.27. The largest absolute Gasteiger partial charge is 0.493 e. The van der Waals surface area contributed by atoms with E-state index in [0.717, 1.165) is 29.3 Å². The first-order valence-corrected chi connectivity index (χ1v) is 8.79. The summed E-state index contributed by atoms with van der Waals surface area (Å²) in [6.45, 7) is 0.432. The van der Waals surface area contributed by atoms with Gasteiger partial charge in [0.25, 0.3) is 11.6 Å². The zero-order valence-electron chi connectivity index (χ0n) is 14.2. The molecule has 0 saturated heterocycles. The molecule has 3 rings (SSSR count). The fourth-order valence-corrected chi connectivity index (χ4v) is 3.22. The van der Waals surface area contributed by atoms with E-state index in [9.17, 15) is 19.7 Å². The summed E-state index contributed by atoms with van der Waals surface area (Å²) in [6.07, 6.45) is 0.550. The van der Waals surface area contributed by atoms with Crippen molar-refractivity contribution >= 4 is 33.5 Å². The van der Waals surface area contributed by atoms with Crippen LogP contribution in [0.4, 0.5) is 5.69 Å². The van der Waals surface area contributed by atoms with E-state index in [1.807, 2.05) is 12.1 Å². The number of nitrogens with one attached hydrogen (secondary N) is 1.